The average Bonchev–Trinajstić information content (AvgIpc) is 3.10. The topological polar surface area (TPSA) is 104 Å². The van der Waals surface area contributed by atoms with Crippen LogP contribution in [0.3, 0.4) is 0 Å². The smallest absolute Gasteiger partial charge is 0.413 e. The third-order valence-corrected chi connectivity index (χ3v) is 5.25. The number of fused-ring (bicyclic) bond motifs is 2. The number of carboxylic acids is 1. The first kappa shape index (κ1) is 22.1. The van der Waals surface area contributed by atoms with Gasteiger partial charge in [0.25, 0.3) is 0 Å². The molecule has 0 aliphatic heterocycles. The van der Waals surface area contributed by atoms with Crippen LogP contribution in [0, 0.1) is 5.41 Å². The maximum absolute atomic E-state index is 12.1. The van der Waals surface area contributed by atoms with Gasteiger partial charge in [-0.3, -0.25) is 10.7 Å². The lowest BCUT2D eigenvalue weighted by molar-refractivity contribution is 0.0562. The maximum Gasteiger partial charge on any atom is 0.413 e. The molecule has 0 unspecified atom stereocenters. The molecule has 0 radical (unpaired) electrons. The van der Waals surface area contributed by atoms with E-state index in [2.05, 4.69) is 5.32 Å². The molecule has 7 nitrogen and oxygen atoms in total. The molecule has 3 N–H and O–H groups in total. The largest absolute Gasteiger partial charge is 0.477 e. The molecular formula is C26H25N3O4. The second-order valence-corrected chi connectivity index (χ2v) is 8.83. The summed E-state index contributed by atoms with van der Waals surface area (Å²) in [5.74, 6) is -1.16. The summed E-state index contributed by atoms with van der Waals surface area (Å²) in [5.41, 5.74) is 1.57. The van der Waals surface area contributed by atoms with E-state index in [1.165, 1.54) is 0 Å². The van der Waals surface area contributed by atoms with Crippen LogP contribution in [0.25, 0.3) is 21.7 Å². The first-order valence-corrected chi connectivity index (χ1v) is 10.5. The van der Waals surface area contributed by atoms with Crippen LogP contribution in [0.2, 0.25) is 0 Å². The number of hydrogen-bond donors (Lipinski definition) is 3. The fourth-order valence-electron chi connectivity index (χ4n) is 3.84. The third kappa shape index (κ3) is 4.72. The van der Waals surface area contributed by atoms with Crippen molar-refractivity contribution >= 4 is 39.6 Å². The predicted molar refractivity (Wildman–Crippen MR) is 128 cm³/mol. The molecule has 0 bridgehead atoms. The number of rotatable bonds is 4. The van der Waals surface area contributed by atoms with Crippen LogP contribution in [0.15, 0.2) is 66.7 Å². The summed E-state index contributed by atoms with van der Waals surface area (Å²) in [6, 6.07) is 20.7. The summed E-state index contributed by atoms with van der Waals surface area (Å²) in [7, 11) is 0. The van der Waals surface area contributed by atoms with Gasteiger partial charge < -0.3 is 14.4 Å². The molecule has 0 spiro atoms. The van der Waals surface area contributed by atoms with Gasteiger partial charge in [-0.2, -0.15) is 0 Å². The summed E-state index contributed by atoms with van der Waals surface area (Å²) in [6.07, 6.45) is -0.718. The molecule has 4 rings (SSSR count). The van der Waals surface area contributed by atoms with Crippen molar-refractivity contribution in [1.29, 1.82) is 5.41 Å². The van der Waals surface area contributed by atoms with E-state index in [0.717, 1.165) is 21.7 Å². The van der Waals surface area contributed by atoms with Crippen LogP contribution in [0.5, 0.6) is 0 Å². The third-order valence-electron chi connectivity index (χ3n) is 5.25. The highest BCUT2D eigenvalue weighted by Gasteiger charge is 2.19. The summed E-state index contributed by atoms with van der Waals surface area (Å²) < 4.78 is 6.95. The first-order chi connectivity index (χ1) is 15.6. The van der Waals surface area contributed by atoms with E-state index in [1.807, 2.05) is 42.5 Å². The van der Waals surface area contributed by atoms with Crippen LogP contribution >= 0.6 is 0 Å². The van der Waals surface area contributed by atoms with E-state index in [4.69, 9.17) is 10.1 Å². The Balaban J connectivity index is 1.74. The van der Waals surface area contributed by atoms with E-state index >= 15 is 0 Å². The Morgan fingerprint density at radius 2 is 1.73 bits per heavy atom. The summed E-state index contributed by atoms with van der Waals surface area (Å²) in [5, 5.41) is 23.4. The zero-order valence-electron chi connectivity index (χ0n) is 18.7. The number of nitrogens with one attached hydrogen (secondary N) is 2. The molecule has 1 amide bonds. The minimum absolute atomic E-state index is 0.124. The molecule has 0 aliphatic carbocycles. The average molecular weight is 444 g/mol. The SMILES string of the molecule is CC(C)(C)OC(=O)NC(=N)c1ccc2cc(C(=O)O)n(Cc3cccc4ccccc34)c2c1. The van der Waals surface area contributed by atoms with Gasteiger partial charge >= 0.3 is 12.1 Å². The number of ether oxygens (including phenoxy) is 1. The summed E-state index contributed by atoms with van der Waals surface area (Å²) in [4.78, 5) is 24.1. The number of aromatic nitrogens is 1. The van der Waals surface area contributed by atoms with Crippen molar-refractivity contribution in [2.24, 2.45) is 0 Å². The number of amidine groups is 1. The molecule has 7 heteroatoms. The number of nitrogens with zero attached hydrogens (tertiary/aromatic N) is 1. The Bertz CT molecular complexity index is 1390. The summed E-state index contributed by atoms with van der Waals surface area (Å²) >= 11 is 0. The van der Waals surface area contributed by atoms with Gasteiger partial charge in [-0.25, -0.2) is 9.59 Å². The lowest BCUT2D eigenvalue weighted by atomic mass is 10.0. The van der Waals surface area contributed by atoms with Gasteiger partial charge in [0.05, 0.1) is 0 Å². The standard InChI is InChI=1S/C26H25N3O4/c1-26(2,3)33-25(32)28-23(27)18-12-11-17-13-22(24(30)31)29(21(17)14-18)15-19-9-6-8-16-7-4-5-10-20(16)19/h4-14H,15H2,1-3H3,(H,30,31)(H2,27,28,32). The van der Waals surface area contributed by atoms with Crippen molar-refractivity contribution in [2.75, 3.05) is 0 Å². The zero-order valence-corrected chi connectivity index (χ0v) is 18.7. The molecule has 0 saturated heterocycles. The van der Waals surface area contributed by atoms with E-state index in [-0.39, 0.29) is 11.5 Å². The van der Waals surface area contributed by atoms with Gasteiger partial charge in [0, 0.05) is 23.0 Å². The van der Waals surface area contributed by atoms with Gasteiger partial charge in [0.15, 0.2) is 0 Å². The fourth-order valence-corrected chi connectivity index (χ4v) is 3.84. The van der Waals surface area contributed by atoms with Gasteiger partial charge in [-0.1, -0.05) is 54.6 Å². The van der Waals surface area contributed by atoms with Gasteiger partial charge in [-0.05, 0) is 49.2 Å². The molecule has 1 heterocycles. The zero-order chi connectivity index (χ0) is 23.8. The Morgan fingerprint density at radius 3 is 2.45 bits per heavy atom. The summed E-state index contributed by atoms with van der Waals surface area (Å²) in [6.45, 7) is 5.59. The van der Waals surface area contributed by atoms with Crippen molar-refractivity contribution in [1.82, 2.24) is 9.88 Å². The minimum atomic E-state index is -1.03. The highest BCUT2D eigenvalue weighted by atomic mass is 16.6. The molecule has 1 aromatic heterocycles. The van der Waals surface area contributed by atoms with Crippen LogP contribution in [0.1, 0.15) is 42.4 Å². The fraction of sp³-hybridized carbons (Fsp3) is 0.192. The Kier molecular flexibility index (Phi) is 5.64. The molecule has 0 fully saturated rings. The number of carboxylic acid groups (broad SMARTS) is 1. The number of amides is 1. The second-order valence-electron chi connectivity index (χ2n) is 8.83. The van der Waals surface area contributed by atoms with E-state index in [9.17, 15) is 14.7 Å². The van der Waals surface area contributed by atoms with Gasteiger partial charge in [0.2, 0.25) is 0 Å². The van der Waals surface area contributed by atoms with E-state index in [0.29, 0.717) is 17.6 Å². The number of hydrogen-bond acceptors (Lipinski definition) is 4. The van der Waals surface area contributed by atoms with Crippen LogP contribution in [-0.2, 0) is 11.3 Å². The molecule has 3 aromatic carbocycles. The Labute approximate surface area is 191 Å². The van der Waals surface area contributed by atoms with Crippen LogP contribution < -0.4 is 5.32 Å². The molecule has 4 aromatic rings. The molecule has 33 heavy (non-hydrogen) atoms. The van der Waals surface area contributed by atoms with Crippen molar-refractivity contribution in [3.8, 4) is 0 Å². The normalized spacial score (nSPS) is 11.5. The van der Waals surface area contributed by atoms with Gasteiger partial charge in [0.1, 0.15) is 17.1 Å². The Hall–Kier alpha value is -4.13. The predicted octanol–water partition coefficient (Wildman–Crippen LogP) is 5.39. The number of carbonyl (C=O) groups is 2. The van der Waals surface area contributed by atoms with Crippen molar-refractivity contribution < 1.29 is 19.4 Å². The molecule has 0 saturated carbocycles. The van der Waals surface area contributed by atoms with Crippen molar-refractivity contribution in [2.45, 2.75) is 32.9 Å². The second kappa shape index (κ2) is 8.43. The quantitative estimate of drug-likeness (QED) is 0.290. The number of benzene rings is 3. The monoisotopic (exact) mass is 443 g/mol. The number of aromatic carboxylic acids is 1. The van der Waals surface area contributed by atoms with E-state index < -0.39 is 17.7 Å². The van der Waals surface area contributed by atoms with Crippen molar-refractivity contribution in [3.63, 3.8) is 0 Å². The lowest BCUT2D eigenvalue weighted by Gasteiger charge is -2.19. The first-order valence-electron chi connectivity index (χ1n) is 10.5. The molecule has 0 atom stereocenters. The minimum Gasteiger partial charge on any atom is -0.477 e. The highest BCUT2D eigenvalue weighted by molar-refractivity contribution is 6.07. The Morgan fingerprint density at radius 1 is 1.00 bits per heavy atom. The number of alkyl carbamates (subject to hydrolysis) is 1. The maximum atomic E-state index is 12.1. The number of carbonyl (C=O) groups excluding carboxylic acids is 1. The van der Waals surface area contributed by atoms with E-state index in [1.54, 1.807) is 49.6 Å². The molecular weight excluding hydrogens is 418 g/mol. The molecule has 0 aliphatic rings. The molecule has 168 valence electrons. The highest BCUT2D eigenvalue weighted by Crippen LogP contribution is 2.26. The van der Waals surface area contributed by atoms with Crippen LogP contribution in [-0.4, -0.2) is 33.2 Å². The van der Waals surface area contributed by atoms with Crippen molar-refractivity contribution in [3.05, 3.63) is 83.6 Å². The lowest BCUT2D eigenvalue weighted by Crippen LogP contribution is -2.36. The van der Waals surface area contributed by atoms with Crippen LogP contribution in [0.4, 0.5) is 4.79 Å². The van der Waals surface area contributed by atoms with Gasteiger partial charge in [-0.15, -0.1) is 0 Å².